The molecule has 0 aromatic heterocycles. The highest BCUT2D eigenvalue weighted by Crippen LogP contribution is 2.26. The number of halogens is 1. The Morgan fingerprint density at radius 2 is 1.79 bits per heavy atom. The maximum Gasteiger partial charge on any atom is 0.227 e. The largest absolute Gasteiger partial charge is 0.338 e. The number of hydrogen-bond donors (Lipinski definition) is 1. The molecule has 0 spiro atoms. The van der Waals surface area contributed by atoms with E-state index in [-0.39, 0.29) is 23.5 Å². The van der Waals surface area contributed by atoms with Gasteiger partial charge in [-0.15, -0.1) is 0 Å². The van der Waals surface area contributed by atoms with E-state index in [9.17, 15) is 14.0 Å². The summed E-state index contributed by atoms with van der Waals surface area (Å²) in [4.78, 5) is 29.9. The Balaban J connectivity index is 1.29. The number of carbonyl (C=O) groups excluding carboxylic acids is 2. The van der Waals surface area contributed by atoms with Crippen molar-refractivity contribution in [3.8, 4) is 0 Å². The van der Waals surface area contributed by atoms with Crippen molar-refractivity contribution in [1.82, 2.24) is 9.80 Å². The van der Waals surface area contributed by atoms with Gasteiger partial charge in [-0.2, -0.15) is 0 Å². The van der Waals surface area contributed by atoms with Gasteiger partial charge >= 0.3 is 0 Å². The van der Waals surface area contributed by atoms with E-state index in [0.29, 0.717) is 37.3 Å². The summed E-state index contributed by atoms with van der Waals surface area (Å²) in [6, 6.07) is 9.09. The second kappa shape index (κ2) is 10.0. The van der Waals surface area contributed by atoms with Crippen LogP contribution >= 0.6 is 0 Å². The van der Waals surface area contributed by atoms with Crippen molar-refractivity contribution in [3.05, 3.63) is 64.0 Å². The molecule has 4 rings (SSSR count). The van der Waals surface area contributed by atoms with Gasteiger partial charge in [-0.05, 0) is 92.6 Å². The molecule has 6 heteroatoms. The van der Waals surface area contributed by atoms with E-state index in [1.807, 2.05) is 4.90 Å². The Bertz CT molecular complexity index is 1050. The quantitative estimate of drug-likeness (QED) is 0.734. The molecule has 0 saturated carbocycles. The molecule has 0 bridgehead atoms. The third kappa shape index (κ3) is 5.61. The monoisotopic (exact) mass is 451 g/mol. The van der Waals surface area contributed by atoms with Gasteiger partial charge in [0.25, 0.3) is 0 Å². The molecule has 1 N–H and O–H groups in total. The summed E-state index contributed by atoms with van der Waals surface area (Å²) < 4.78 is 13.4. The van der Waals surface area contributed by atoms with E-state index in [1.54, 1.807) is 19.1 Å². The Labute approximate surface area is 196 Å². The van der Waals surface area contributed by atoms with Gasteiger partial charge in [0.2, 0.25) is 11.8 Å². The van der Waals surface area contributed by atoms with Crippen molar-refractivity contribution in [2.75, 3.05) is 31.5 Å². The van der Waals surface area contributed by atoms with Crippen molar-refractivity contribution in [2.45, 2.75) is 53.0 Å². The number of fused-ring (bicyclic) bond motifs is 1. The minimum absolute atomic E-state index is 0.00495. The van der Waals surface area contributed by atoms with Gasteiger partial charge in [-0.3, -0.25) is 9.59 Å². The number of amides is 2. The van der Waals surface area contributed by atoms with Crippen LogP contribution in [0.1, 0.15) is 47.1 Å². The number of nitrogens with one attached hydrogen (secondary N) is 1. The summed E-state index contributed by atoms with van der Waals surface area (Å²) in [5.74, 6) is -0.128. The lowest BCUT2D eigenvalue weighted by Gasteiger charge is -2.37. The van der Waals surface area contributed by atoms with Crippen LogP contribution in [0.2, 0.25) is 0 Å². The fourth-order valence-corrected chi connectivity index (χ4v) is 4.97. The molecule has 2 aromatic carbocycles. The van der Waals surface area contributed by atoms with Crippen LogP contribution in [0.5, 0.6) is 0 Å². The molecule has 2 amide bonds. The number of anilines is 1. The number of aryl methyl sites for hydroxylation is 3. The van der Waals surface area contributed by atoms with Gasteiger partial charge in [-0.25, -0.2) is 4.39 Å². The molecule has 0 radical (unpaired) electrons. The number of nitrogens with zero attached hydrogens (tertiary/aromatic N) is 2. The van der Waals surface area contributed by atoms with Crippen LogP contribution < -0.4 is 5.32 Å². The molecule has 2 heterocycles. The average Bonchev–Trinajstić information content (AvgIpc) is 2.80. The van der Waals surface area contributed by atoms with E-state index in [1.165, 1.54) is 28.3 Å². The Morgan fingerprint density at radius 1 is 1.03 bits per heavy atom. The van der Waals surface area contributed by atoms with Gasteiger partial charge in [-0.1, -0.05) is 12.1 Å². The predicted molar refractivity (Wildman–Crippen MR) is 129 cm³/mol. The van der Waals surface area contributed by atoms with Gasteiger partial charge in [0, 0.05) is 38.3 Å². The van der Waals surface area contributed by atoms with Crippen LogP contribution in [-0.2, 0) is 22.6 Å². The topological polar surface area (TPSA) is 52.7 Å². The lowest BCUT2D eigenvalue weighted by molar-refractivity contribution is -0.138. The van der Waals surface area contributed by atoms with Gasteiger partial charge in [0.1, 0.15) is 5.82 Å². The van der Waals surface area contributed by atoms with Crippen LogP contribution in [0.25, 0.3) is 0 Å². The van der Waals surface area contributed by atoms with E-state index in [0.717, 1.165) is 32.4 Å². The number of rotatable bonds is 5. The molecule has 2 aliphatic rings. The number of carbonyl (C=O) groups is 2. The minimum Gasteiger partial charge on any atom is -0.338 e. The third-order valence-electron chi connectivity index (χ3n) is 7.09. The molecule has 176 valence electrons. The van der Waals surface area contributed by atoms with Crippen molar-refractivity contribution in [2.24, 2.45) is 5.92 Å². The van der Waals surface area contributed by atoms with Gasteiger partial charge in [0.05, 0.1) is 5.92 Å². The van der Waals surface area contributed by atoms with E-state index < -0.39 is 0 Å². The highest BCUT2D eigenvalue weighted by molar-refractivity contribution is 5.90. The molecule has 0 aliphatic carbocycles. The van der Waals surface area contributed by atoms with E-state index in [4.69, 9.17) is 0 Å². The molecule has 33 heavy (non-hydrogen) atoms. The number of likely N-dealkylation sites (tertiary alicyclic amines) is 1. The maximum atomic E-state index is 13.4. The zero-order valence-electron chi connectivity index (χ0n) is 19.9. The zero-order valence-corrected chi connectivity index (χ0v) is 19.9. The molecule has 5 nitrogen and oxygen atoms in total. The number of hydrogen-bond acceptors (Lipinski definition) is 3. The summed E-state index contributed by atoms with van der Waals surface area (Å²) in [6.45, 7) is 9.67. The highest BCUT2D eigenvalue weighted by atomic mass is 19.1. The molecule has 1 unspecified atom stereocenters. The second-order valence-electron chi connectivity index (χ2n) is 9.62. The van der Waals surface area contributed by atoms with Crippen molar-refractivity contribution in [3.63, 3.8) is 0 Å². The van der Waals surface area contributed by atoms with Crippen LogP contribution in [0.15, 0.2) is 30.3 Å². The molecule has 2 aliphatic heterocycles. The lowest BCUT2D eigenvalue weighted by atomic mass is 9.92. The summed E-state index contributed by atoms with van der Waals surface area (Å²) in [7, 11) is 0. The van der Waals surface area contributed by atoms with E-state index >= 15 is 0 Å². The second-order valence-corrected chi connectivity index (χ2v) is 9.62. The third-order valence-corrected chi connectivity index (χ3v) is 7.09. The molecule has 1 saturated heterocycles. The Morgan fingerprint density at radius 3 is 2.55 bits per heavy atom. The zero-order chi connectivity index (χ0) is 23.5. The van der Waals surface area contributed by atoms with Crippen molar-refractivity contribution < 1.29 is 14.0 Å². The van der Waals surface area contributed by atoms with Gasteiger partial charge in [0.15, 0.2) is 0 Å². The predicted octanol–water partition coefficient (Wildman–Crippen LogP) is 4.38. The summed E-state index contributed by atoms with van der Waals surface area (Å²) in [6.07, 6.45) is 3.15. The summed E-state index contributed by atoms with van der Waals surface area (Å²) >= 11 is 0. The average molecular weight is 452 g/mol. The van der Waals surface area contributed by atoms with Crippen LogP contribution in [-0.4, -0.2) is 47.8 Å². The fraction of sp³-hybridized carbons (Fsp3) is 0.481. The Hall–Kier alpha value is -2.73. The first-order valence-electron chi connectivity index (χ1n) is 12.0. The SMILES string of the molecule is Cc1cc2c(cc1C)CN(C(=O)C1CCCN(CCC(=O)Nc3ccc(F)c(C)c3)C1)CC2. The highest BCUT2D eigenvalue weighted by Gasteiger charge is 2.31. The summed E-state index contributed by atoms with van der Waals surface area (Å²) in [5, 5.41) is 2.85. The van der Waals surface area contributed by atoms with Crippen LogP contribution in [0, 0.1) is 32.5 Å². The normalized spacial score (nSPS) is 18.7. The van der Waals surface area contributed by atoms with Crippen molar-refractivity contribution in [1.29, 1.82) is 0 Å². The van der Waals surface area contributed by atoms with Crippen LogP contribution in [0.4, 0.5) is 10.1 Å². The smallest absolute Gasteiger partial charge is 0.227 e. The van der Waals surface area contributed by atoms with Gasteiger partial charge < -0.3 is 15.1 Å². The molecular weight excluding hydrogens is 417 g/mol. The first-order chi connectivity index (χ1) is 15.8. The molecular formula is C27H34FN3O2. The standard InChI is InChI=1S/C27H34FN3O2/c1-18-13-21-8-12-31(17-23(21)14-19(18)2)27(33)22-5-4-10-30(16-22)11-9-26(32)29-24-6-7-25(28)20(3)15-24/h6-7,13-15,22H,4-5,8-12,16-17H2,1-3H3,(H,29,32). The number of benzene rings is 2. The fourth-order valence-electron chi connectivity index (χ4n) is 4.97. The first-order valence-corrected chi connectivity index (χ1v) is 12.0. The molecule has 2 aromatic rings. The summed E-state index contributed by atoms with van der Waals surface area (Å²) in [5.41, 5.74) is 6.36. The maximum absolute atomic E-state index is 13.4. The minimum atomic E-state index is -0.278. The Kier molecular flexibility index (Phi) is 7.13. The number of piperidine rings is 1. The molecule has 1 atom stereocenters. The first kappa shape index (κ1) is 23.4. The lowest BCUT2D eigenvalue weighted by Crippen LogP contribution is -2.46. The van der Waals surface area contributed by atoms with Crippen LogP contribution in [0.3, 0.4) is 0 Å². The van der Waals surface area contributed by atoms with E-state index in [2.05, 4.69) is 36.2 Å². The molecule has 1 fully saturated rings. The van der Waals surface area contributed by atoms with Crippen molar-refractivity contribution >= 4 is 17.5 Å².